The van der Waals surface area contributed by atoms with Crippen LogP contribution in [0.5, 0.6) is 0 Å². The molecule has 0 bridgehead atoms. The van der Waals surface area contributed by atoms with Gasteiger partial charge in [-0.1, -0.05) is 0 Å². The number of nitrogens with zero attached hydrogens (tertiary/aromatic N) is 3. The molecule has 1 aliphatic heterocycles. The predicted molar refractivity (Wildman–Crippen MR) is 93.8 cm³/mol. The average Bonchev–Trinajstić information content (AvgIpc) is 3.20. The Balaban J connectivity index is 1.68. The topological polar surface area (TPSA) is 75.9 Å². The van der Waals surface area contributed by atoms with Crippen molar-refractivity contribution >= 4 is 23.3 Å². The quantitative estimate of drug-likeness (QED) is 0.838. The molecular formula is C17H21N3O4S. The summed E-state index contributed by atoms with van der Waals surface area (Å²) >= 11 is 1.34. The first kappa shape index (κ1) is 17.5. The molecule has 0 radical (unpaired) electrons. The van der Waals surface area contributed by atoms with Crippen molar-refractivity contribution in [1.29, 1.82) is 0 Å². The van der Waals surface area contributed by atoms with Crippen molar-refractivity contribution in [2.24, 2.45) is 0 Å². The van der Waals surface area contributed by atoms with Gasteiger partial charge >= 0.3 is 6.09 Å². The van der Waals surface area contributed by atoms with Gasteiger partial charge in [0.15, 0.2) is 10.8 Å². The highest BCUT2D eigenvalue weighted by molar-refractivity contribution is 7.17. The lowest BCUT2D eigenvalue weighted by molar-refractivity contribution is 0.0573. The maximum atomic E-state index is 12.8. The number of piperazine rings is 1. The van der Waals surface area contributed by atoms with Crippen molar-refractivity contribution in [1.82, 2.24) is 14.8 Å². The van der Waals surface area contributed by atoms with Crippen LogP contribution in [0, 0.1) is 13.8 Å². The largest absolute Gasteiger partial charge is 0.459 e. The highest BCUT2D eigenvalue weighted by atomic mass is 32.1. The fourth-order valence-electron chi connectivity index (χ4n) is 2.70. The molecule has 3 rings (SSSR count). The molecule has 0 saturated carbocycles. The van der Waals surface area contributed by atoms with E-state index in [4.69, 9.17) is 9.15 Å². The second kappa shape index (κ2) is 7.26. The lowest BCUT2D eigenvalue weighted by Crippen LogP contribution is -2.50. The van der Waals surface area contributed by atoms with E-state index >= 15 is 0 Å². The third kappa shape index (κ3) is 3.68. The van der Waals surface area contributed by atoms with Crippen molar-refractivity contribution in [2.45, 2.75) is 20.8 Å². The summed E-state index contributed by atoms with van der Waals surface area (Å²) in [6.07, 6.45) is -0.320. The van der Waals surface area contributed by atoms with Gasteiger partial charge in [-0.05, 0) is 32.9 Å². The number of aromatic nitrogens is 1. The van der Waals surface area contributed by atoms with Crippen LogP contribution in [0.3, 0.4) is 0 Å². The molecule has 1 saturated heterocycles. The Morgan fingerprint density at radius 3 is 2.48 bits per heavy atom. The number of amides is 2. The van der Waals surface area contributed by atoms with E-state index in [1.807, 2.05) is 26.0 Å². The number of aryl methyl sites for hydroxylation is 2. The molecule has 7 nitrogen and oxygen atoms in total. The van der Waals surface area contributed by atoms with Crippen LogP contribution in [-0.2, 0) is 4.74 Å². The zero-order chi connectivity index (χ0) is 18.0. The normalized spacial score (nSPS) is 14.7. The first-order valence-corrected chi connectivity index (χ1v) is 9.06. The predicted octanol–water partition coefficient (Wildman–Crippen LogP) is 2.93. The van der Waals surface area contributed by atoms with Gasteiger partial charge in [-0.3, -0.25) is 4.79 Å². The van der Waals surface area contributed by atoms with Gasteiger partial charge in [0.1, 0.15) is 10.6 Å². The number of carbonyl (C=O) groups is 2. The number of thiazole rings is 1. The SMILES string of the molecule is CCOC(=O)N1CCN(C(=O)c2sc(-c3ccc(C)o3)nc2C)CC1. The number of ether oxygens (including phenoxy) is 1. The Morgan fingerprint density at radius 1 is 1.20 bits per heavy atom. The maximum Gasteiger partial charge on any atom is 0.409 e. The Labute approximate surface area is 150 Å². The summed E-state index contributed by atoms with van der Waals surface area (Å²) in [6, 6.07) is 3.74. The first-order valence-electron chi connectivity index (χ1n) is 8.24. The van der Waals surface area contributed by atoms with Gasteiger partial charge in [0.25, 0.3) is 5.91 Å². The second-order valence-electron chi connectivity index (χ2n) is 5.82. The Hall–Kier alpha value is -2.35. The Morgan fingerprint density at radius 2 is 1.88 bits per heavy atom. The minimum atomic E-state index is -0.320. The number of rotatable bonds is 3. The molecule has 0 spiro atoms. The molecule has 0 N–H and O–H groups in total. The van der Waals surface area contributed by atoms with Crippen LogP contribution in [0.15, 0.2) is 16.5 Å². The molecule has 0 aromatic carbocycles. The van der Waals surface area contributed by atoms with E-state index in [0.29, 0.717) is 54.1 Å². The lowest BCUT2D eigenvalue weighted by atomic mass is 10.3. The fraction of sp³-hybridized carbons (Fsp3) is 0.471. The average molecular weight is 363 g/mol. The van der Waals surface area contributed by atoms with E-state index in [0.717, 1.165) is 5.76 Å². The molecule has 25 heavy (non-hydrogen) atoms. The van der Waals surface area contributed by atoms with Gasteiger partial charge in [0.2, 0.25) is 0 Å². The molecular weight excluding hydrogens is 342 g/mol. The van der Waals surface area contributed by atoms with Gasteiger partial charge in [-0.15, -0.1) is 11.3 Å². The molecule has 1 fully saturated rings. The number of hydrogen-bond donors (Lipinski definition) is 0. The van der Waals surface area contributed by atoms with E-state index in [9.17, 15) is 9.59 Å². The molecule has 3 heterocycles. The van der Waals surface area contributed by atoms with E-state index in [2.05, 4.69) is 4.98 Å². The van der Waals surface area contributed by atoms with Crippen molar-refractivity contribution in [3.63, 3.8) is 0 Å². The highest BCUT2D eigenvalue weighted by Crippen LogP contribution is 2.30. The minimum absolute atomic E-state index is 0.0481. The number of furan rings is 1. The van der Waals surface area contributed by atoms with Crippen molar-refractivity contribution < 1.29 is 18.7 Å². The van der Waals surface area contributed by atoms with Crippen LogP contribution < -0.4 is 0 Å². The fourth-order valence-corrected chi connectivity index (χ4v) is 3.70. The molecule has 0 aliphatic carbocycles. The zero-order valence-electron chi connectivity index (χ0n) is 14.6. The summed E-state index contributed by atoms with van der Waals surface area (Å²) in [7, 11) is 0. The van der Waals surface area contributed by atoms with E-state index < -0.39 is 0 Å². The molecule has 2 amide bonds. The van der Waals surface area contributed by atoms with Crippen LogP contribution in [0.2, 0.25) is 0 Å². The van der Waals surface area contributed by atoms with Crippen molar-refractivity contribution in [3.05, 3.63) is 28.5 Å². The highest BCUT2D eigenvalue weighted by Gasteiger charge is 2.28. The van der Waals surface area contributed by atoms with Gasteiger partial charge in [0.05, 0.1) is 12.3 Å². The minimum Gasteiger partial charge on any atom is -0.459 e. The third-order valence-electron chi connectivity index (χ3n) is 4.03. The summed E-state index contributed by atoms with van der Waals surface area (Å²) in [5, 5.41) is 0.708. The number of hydrogen-bond acceptors (Lipinski definition) is 6. The lowest BCUT2D eigenvalue weighted by Gasteiger charge is -2.33. The molecule has 134 valence electrons. The summed E-state index contributed by atoms with van der Waals surface area (Å²) < 4.78 is 10.6. The summed E-state index contributed by atoms with van der Waals surface area (Å²) in [4.78, 5) is 33.0. The molecule has 2 aromatic rings. The maximum absolute atomic E-state index is 12.8. The standard InChI is InChI=1S/C17H21N3O4S/c1-4-23-17(22)20-9-7-19(8-10-20)16(21)14-12(3)18-15(25-14)13-6-5-11(2)24-13/h5-6H,4,7-10H2,1-3H3. The monoisotopic (exact) mass is 363 g/mol. The van der Waals surface area contributed by atoms with Gasteiger partial charge in [-0.25, -0.2) is 9.78 Å². The molecule has 8 heteroatoms. The first-order chi connectivity index (χ1) is 12.0. The van der Waals surface area contributed by atoms with Crippen molar-refractivity contribution in [3.8, 4) is 10.8 Å². The Kier molecular flexibility index (Phi) is 5.08. The van der Waals surface area contributed by atoms with Crippen LogP contribution in [0.25, 0.3) is 10.8 Å². The van der Waals surface area contributed by atoms with E-state index in [1.54, 1.807) is 16.7 Å². The van der Waals surface area contributed by atoms with E-state index in [-0.39, 0.29) is 12.0 Å². The Bertz CT molecular complexity index is 775. The second-order valence-corrected chi connectivity index (χ2v) is 6.82. The molecule has 2 aromatic heterocycles. The summed E-state index contributed by atoms with van der Waals surface area (Å²) in [5.74, 6) is 1.44. The van der Waals surface area contributed by atoms with Crippen LogP contribution in [-0.4, -0.2) is 59.6 Å². The van der Waals surface area contributed by atoms with Crippen LogP contribution in [0.4, 0.5) is 4.79 Å². The van der Waals surface area contributed by atoms with Crippen LogP contribution >= 0.6 is 11.3 Å². The molecule has 0 atom stereocenters. The smallest absolute Gasteiger partial charge is 0.409 e. The summed E-state index contributed by atoms with van der Waals surface area (Å²) in [5.41, 5.74) is 0.701. The van der Waals surface area contributed by atoms with Gasteiger partial charge in [0, 0.05) is 26.2 Å². The zero-order valence-corrected chi connectivity index (χ0v) is 15.4. The van der Waals surface area contributed by atoms with Crippen molar-refractivity contribution in [2.75, 3.05) is 32.8 Å². The number of carbonyl (C=O) groups excluding carboxylic acids is 2. The van der Waals surface area contributed by atoms with E-state index in [1.165, 1.54) is 11.3 Å². The van der Waals surface area contributed by atoms with Crippen LogP contribution in [0.1, 0.15) is 28.0 Å². The van der Waals surface area contributed by atoms with Gasteiger partial charge < -0.3 is 19.0 Å². The molecule has 1 aliphatic rings. The summed E-state index contributed by atoms with van der Waals surface area (Å²) in [6.45, 7) is 7.78. The van der Waals surface area contributed by atoms with Gasteiger partial charge in [-0.2, -0.15) is 0 Å². The third-order valence-corrected chi connectivity index (χ3v) is 5.19. The molecule has 0 unspecified atom stereocenters.